The summed E-state index contributed by atoms with van der Waals surface area (Å²) >= 11 is 0. The zero-order valence-corrected chi connectivity index (χ0v) is 13.1. The lowest BCUT2D eigenvalue weighted by atomic mass is 10.2. The molecule has 0 radical (unpaired) electrons. The van der Waals surface area contributed by atoms with Gasteiger partial charge in [0.15, 0.2) is 5.82 Å². The Morgan fingerprint density at radius 1 is 1.41 bits per heavy atom. The molecule has 0 saturated carbocycles. The van der Waals surface area contributed by atoms with Gasteiger partial charge in [-0.25, -0.2) is 4.98 Å². The van der Waals surface area contributed by atoms with Crippen molar-refractivity contribution in [1.29, 1.82) is 0 Å². The number of ether oxygens (including phenoxy) is 1. The molecular formula is C15H21N5O2. The number of rotatable bonds is 4. The first-order chi connectivity index (χ1) is 10.5. The molecule has 7 heteroatoms. The Balaban J connectivity index is 1.52. The number of carbonyl (C=O) groups excluding carboxylic acids is 1. The van der Waals surface area contributed by atoms with E-state index in [2.05, 4.69) is 25.5 Å². The number of aryl methyl sites for hydroxylation is 3. The molecule has 2 aromatic heterocycles. The minimum absolute atomic E-state index is 0.00382. The molecule has 118 valence electrons. The standard InChI is InChI=1S/C15H21N5O2/c1-8-6-9(2)17-13(8)15(21)16-7-11-4-5-12(22-11)14-18-10(3)19-20-14/h6,11-12,17H,4-5,7H2,1-3H3,(H,16,21)(H,18,19,20)/t11-,12+/m0/s1. The first kappa shape index (κ1) is 14.8. The maximum atomic E-state index is 12.2. The molecule has 0 bridgehead atoms. The van der Waals surface area contributed by atoms with E-state index < -0.39 is 0 Å². The van der Waals surface area contributed by atoms with E-state index in [1.807, 2.05) is 26.8 Å². The summed E-state index contributed by atoms with van der Waals surface area (Å²) < 4.78 is 5.91. The monoisotopic (exact) mass is 303 g/mol. The fourth-order valence-electron chi connectivity index (χ4n) is 2.81. The Labute approximate surface area is 128 Å². The van der Waals surface area contributed by atoms with Gasteiger partial charge in [-0.05, 0) is 45.2 Å². The molecule has 22 heavy (non-hydrogen) atoms. The lowest BCUT2D eigenvalue weighted by molar-refractivity contribution is 0.0391. The summed E-state index contributed by atoms with van der Waals surface area (Å²) in [7, 11) is 0. The molecule has 1 aliphatic rings. The van der Waals surface area contributed by atoms with Gasteiger partial charge >= 0.3 is 0 Å². The van der Waals surface area contributed by atoms with Crippen LogP contribution in [-0.2, 0) is 4.74 Å². The molecule has 0 unspecified atom stereocenters. The van der Waals surface area contributed by atoms with Crippen molar-refractivity contribution in [2.45, 2.75) is 45.8 Å². The number of H-pyrrole nitrogens is 2. The summed E-state index contributed by atoms with van der Waals surface area (Å²) in [6.07, 6.45) is 1.69. The van der Waals surface area contributed by atoms with Gasteiger partial charge in [0.1, 0.15) is 17.6 Å². The number of aromatic amines is 2. The van der Waals surface area contributed by atoms with Crippen LogP contribution in [0.25, 0.3) is 0 Å². The Bertz CT molecular complexity index is 675. The summed E-state index contributed by atoms with van der Waals surface area (Å²) in [5.74, 6) is 1.39. The van der Waals surface area contributed by atoms with Gasteiger partial charge in [0.2, 0.25) is 0 Å². The van der Waals surface area contributed by atoms with Crippen LogP contribution in [0.5, 0.6) is 0 Å². The van der Waals surface area contributed by atoms with Crippen molar-refractivity contribution in [3.8, 4) is 0 Å². The zero-order chi connectivity index (χ0) is 15.7. The van der Waals surface area contributed by atoms with Gasteiger partial charge in [0, 0.05) is 12.2 Å². The average Bonchev–Trinajstić information content (AvgIpc) is 3.16. The normalized spacial score (nSPS) is 21.2. The van der Waals surface area contributed by atoms with E-state index >= 15 is 0 Å². The van der Waals surface area contributed by atoms with Crippen LogP contribution in [0.3, 0.4) is 0 Å². The van der Waals surface area contributed by atoms with Crippen LogP contribution >= 0.6 is 0 Å². The molecule has 3 N–H and O–H groups in total. The maximum absolute atomic E-state index is 12.2. The number of hydrogen-bond acceptors (Lipinski definition) is 4. The van der Waals surface area contributed by atoms with Crippen molar-refractivity contribution in [2.24, 2.45) is 0 Å². The SMILES string of the molecule is Cc1cc(C)c(C(=O)NC[C@@H]2CC[C@H](c3n[nH]c(C)n3)O2)[nH]1. The number of aromatic nitrogens is 4. The predicted molar refractivity (Wildman–Crippen MR) is 80.6 cm³/mol. The van der Waals surface area contributed by atoms with Crippen molar-refractivity contribution in [2.75, 3.05) is 6.54 Å². The van der Waals surface area contributed by atoms with E-state index in [4.69, 9.17) is 4.74 Å². The largest absolute Gasteiger partial charge is 0.365 e. The van der Waals surface area contributed by atoms with E-state index in [1.54, 1.807) is 0 Å². The molecule has 0 aliphatic carbocycles. The molecule has 1 fully saturated rings. The van der Waals surface area contributed by atoms with E-state index in [0.717, 1.165) is 29.9 Å². The molecule has 2 aromatic rings. The number of hydrogen-bond donors (Lipinski definition) is 3. The van der Waals surface area contributed by atoms with Crippen molar-refractivity contribution in [1.82, 2.24) is 25.5 Å². The fraction of sp³-hybridized carbons (Fsp3) is 0.533. The predicted octanol–water partition coefficient (Wildman–Crippen LogP) is 1.71. The van der Waals surface area contributed by atoms with Gasteiger partial charge in [0.25, 0.3) is 5.91 Å². The molecule has 7 nitrogen and oxygen atoms in total. The lowest BCUT2D eigenvalue weighted by Gasteiger charge is -2.12. The maximum Gasteiger partial charge on any atom is 0.268 e. The Morgan fingerprint density at radius 3 is 2.86 bits per heavy atom. The zero-order valence-electron chi connectivity index (χ0n) is 13.1. The molecule has 3 heterocycles. The molecular weight excluding hydrogens is 282 g/mol. The molecule has 1 saturated heterocycles. The smallest absolute Gasteiger partial charge is 0.268 e. The third-order valence-electron chi connectivity index (χ3n) is 3.88. The van der Waals surface area contributed by atoms with Gasteiger partial charge in [0.05, 0.1) is 6.10 Å². The van der Waals surface area contributed by atoms with Crippen molar-refractivity contribution < 1.29 is 9.53 Å². The highest BCUT2D eigenvalue weighted by Crippen LogP contribution is 2.30. The summed E-state index contributed by atoms with van der Waals surface area (Å²) in [5, 5.41) is 9.89. The molecule has 1 amide bonds. The second-order valence-electron chi connectivity index (χ2n) is 5.82. The van der Waals surface area contributed by atoms with Gasteiger partial charge in [-0.15, -0.1) is 0 Å². The highest BCUT2D eigenvalue weighted by Gasteiger charge is 2.29. The minimum Gasteiger partial charge on any atom is -0.365 e. The van der Waals surface area contributed by atoms with Gasteiger partial charge < -0.3 is 15.0 Å². The summed E-state index contributed by atoms with van der Waals surface area (Å²) in [5.41, 5.74) is 2.56. The van der Waals surface area contributed by atoms with Crippen molar-refractivity contribution >= 4 is 5.91 Å². The molecule has 2 atom stereocenters. The van der Waals surface area contributed by atoms with Crippen LogP contribution in [0.4, 0.5) is 0 Å². The van der Waals surface area contributed by atoms with Crippen LogP contribution in [-0.4, -0.2) is 38.7 Å². The van der Waals surface area contributed by atoms with Crippen molar-refractivity contribution in [3.63, 3.8) is 0 Å². The van der Waals surface area contributed by atoms with E-state index in [9.17, 15) is 4.79 Å². The summed E-state index contributed by atoms with van der Waals surface area (Å²) in [6.45, 7) is 6.22. The fourth-order valence-corrected chi connectivity index (χ4v) is 2.81. The Hall–Kier alpha value is -2.15. The third-order valence-corrected chi connectivity index (χ3v) is 3.88. The number of amides is 1. The second-order valence-corrected chi connectivity index (χ2v) is 5.82. The second kappa shape index (κ2) is 5.92. The van der Waals surface area contributed by atoms with Gasteiger partial charge in [-0.3, -0.25) is 9.89 Å². The number of nitrogens with one attached hydrogen (secondary N) is 3. The Morgan fingerprint density at radius 2 is 2.23 bits per heavy atom. The highest BCUT2D eigenvalue weighted by atomic mass is 16.5. The summed E-state index contributed by atoms with van der Waals surface area (Å²) in [4.78, 5) is 19.5. The molecule has 0 spiro atoms. The Kier molecular flexibility index (Phi) is 3.98. The first-order valence-corrected chi connectivity index (χ1v) is 7.51. The number of carbonyl (C=O) groups is 1. The lowest BCUT2D eigenvalue weighted by Crippen LogP contribution is -2.32. The van der Waals surface area contributed by atoms with Crippen LogP contribution in [0.15, 0.2) is 6.07 Å². The first-order valence-electron chi connectivity index (χ1n) is 7.51. The average molecular weight is 303 g/mol. The quantitative estimate of drug-likeness (QED) is 0.801. The van der Waals surface area contributed by atoms with Crippen LogP contribution in [0.2, 0.25) is 0 Å². The van der Waals surface area contributed by atoms with E-state index in [1.165, 1.54) is 0 Å². The van der Waals surface area contributed by atoms with Crippen molar-refractivity contribution in [3.05, 3.63) is 34.7 Å². The summed E-state index contributed by atoms with van der Waals surface area (Å²) in [6, 6.07) is 1.96. The van der Waals surface area contributed by atoms with E-state index in [0.29, 0.717) is 18.1 Å². The minimum atomic E-state index is -0.0913. The molecule has 0 aromatic carbocycles. The van der Waals surface area contributed by atoms with Gasteiger partial charge in [-0.1, -0.05) is 0 Å². The third kappa shape index (κ3) is 3.04. The van der Waals surface area contributed by atoms with E-state index in [-0.39, 0.29) is 18.1 Å². The van der Waals surface area contributed by atoms with Gasteiger partial charge in [-0.2, -0.15) is 5.10 Å². The van der Waals surface area contributed by atoms with Crippen LogP contribution in [0.1, 0.15) is 52.3 Å². The molecule has 3 rings (SSSR count). The topological polar surface area (TPSA) is 95.7 Å². The van der Waals surface area contributed by atoms with Crippen LogP contribution < -0.4 is 5.32 Å². The highest BCUT2D eigenvalue weighted by molar-refractivity contribution is 5.94. The number of nitrogens with zero attached hydrogens (tertiary/aromatic N) is 2. The van der Waals surface area contributed by atoms with Crippen LogP contribution in [0, 0.1) is 20.8 Å². The molecule has 1 aliphatic heterocycles.